The van der Waals surface area contributed by atoms with E-state index < -0.39 is 0 Å². The molecule has 0 radical (unpaired) electrons. The summed E-state index contributed by atoms with van der Waals surface area (Å²) in [6.07, 6.45) is 4.00. The monoisotopic (exact) mass is 286 g/mol. The summed E-state index contributed by atoms with van der Waals surface area (Å²) in [5.74, 6) is 0. The highest BCUT2D eigenvalue weighted by molar-refractivity contribution is 5.31. The zero-order chi connectivity index (χ0) is 14.7. The predicted molar refractivity (Wildman–Crippen MR) is 82.3 cm³/mol. The number of rotatable bonds is 4. The summed E-state index contributed by atoms with van der Waals surface area (Å²) in [6.45, 7) is 5.23. The largest absolute Gasteiger partial charge is 0.379 e. The average molecular weight is 286 g/mol. The molecule has 2 unspecified atom stereocenters. The maximum atomic E-state index is 6.03. The maximum Gasteiger partial charge on any atom is 0.0645 e. The van der Waals surface area contributed by atoms with Gasteiger partial charge in [-0.2, -0.15) is 5.10 Å². The number of nitrogens with zero attached hydrogens (tertiary/aromatic N) is 3. The van der Waals surface area contributed by atoms with E-state index in [-0.39, 0.29) is 6.04 Å². The van der Waals surface area contributed by atoms with Crippen LogP contribution in [0.5, 0.6) is 0 Å². The van der Waals surface area contributed by atoms with Crippen LogP contribution in [-0.2, 0) is 4.74 Å². The molecule has 1 aromatic carbocycles. The van der Waals surface area contributed by atoms with Crippen LogP contribution in [0.25, 0.3) is 5.69 Å². The van der Waals surface area contributed by atoms with Gasteiger partial charge in [-0.05, 0) is 19.1 Å². The van der Waals surface area contributed by atoms with Crippen LogP contribution in [0.1, 0.15) is 18.5 Å². The van der Waals surface area contributed by atoms with Gasteiger partial charge in [0.1, 0.15) is 0 Å². The van der Waals surface area contributed by atoms with E-state index in [1.54, 1.807) is 0 Å². The lowest BCUT2D eigenvalue weighted by Gasteiger charge is -2.38. The van der Waals surface area contributed by atoms with E-state index in [9.17, 15) is 0 Å². The Bertz CT molecular complexity index is 569. The zero-order valence-electron chi connectivity index (χ0n) is 12.4. The second-order valence-corrected chi connectivity index (χ2v) is 5.47. The average Bonchev–Trinajstić information content (AvgIpc) is 3.00. The van der Waals surface area contributed by atoms with Gasteiger partial charge in [0.2, 0.25) is 0 Å². The molecule has 1 aliphatic rings. The van der Waals surface area contributed by atoms with Crippen LogP contribution in [0.3, 0.4) is 0 Å². The first-order valence-corrected chi connectivity index (χ1v) is 7.43. The molecule has 1 aromatic heterocycles. The Balaban J connectivity index is 1.83. The lowest BCUT2D eigenvalue weighted by atomic mass is 10.1. The molecule has 0 aliphatic carbocycles. The highest BCUT2D eigenvalue weighted by Crippen LogP contribution is 2.24. The smallest absolute Gasteiger partial charge is 0.0645 e. The molecule has 1 fully saturated rings. The first-order chi connectivity index (χ1) is 10.3. The fourth-order valence-corrected chi connectivity index (χ4v) is 2.90. The number of nitrogens with two attached hydrogens (primary N) is 1. The minimum absolute atomic E-state index is 0.196. The van der Waals surface area contributed by atoms with Crippen molar-refractivity contribution in [3.8, 4) is 5.69 Å². The van der Waals surface area contributed by atoms with E-state index in [0.717, 1.165) is 31.0 Å². The van der Waals surface area contributed by atoms with Crippen molar-refractivity contribution in [3.63, 3.8) is 0 Å². The lowest BCUT2D eigenvalue weighted by Crippen LogP contribution is -2.47. The summed E-state index contributed by atoms with van der Waals surface area (Å²) in [4.78, 5) is 2.41. The van der Waals surface area contributed by atoms with Crippen LogP contribution < -0.4 is 5.73 Å². The minimum Gasteiger partial charge on any atom is -0.379 e. The van der Waals surface area contributed by atoms with Gasteiger partial charge in [0, 0.05) is 30.9 Å². The number of ether oxygens (including phenoxy) is 1. The van der Waals surface area contributed by atoms with Gasteiger partial charge in [-0.1, -0.05) is 18.2 Å². The van der Waals surface area contributed by atoms with Crippen molar-refractivity contribution in [1.29, 1.82) is 0 Å². The third kappa shape index (κ3) is 3.00. The van der Waals surface area contributed by atoms with Crippen molar-refractivity contribution < 1.29 is 4.74 Å². The molecule has 0 bridgehead atoms. The zero-order valence-corrected chi connectivity index (χ0v) is 12.4. The Labute approximate surface area is 125 Å². The molecule has 0 saturated carbocycles. The van der Waals surface area contributed by atoms with E-state index in [2.05, 4.69) is 23.1 Å². The molecule has 5 heteroatoms. The normalized spacial score (nSPS) is 21.3. The Morgan fingerprint density at radius 1 is 1.38 bits per heavy atom. The minimum atomic E-state index is 0.196. The number of para-hydroxylation sites is 1. The second kappa shape index (κ2) is 6.39. The van der Waals surface area contributed by atoms with Crippen molar-refractivity contribution in [2.24, 2.45) is 5.73 Å². The fourth-order valence-electron chi connectivity index (χ4n) is 2.90. The summed E-state index contributed by atoms with van der Waals surface area (Å²) < 4.78 is 7.42. The van der Waals surface area contributed by atoms with Gasteiger partial charge >= 0.3 is 0 Å². The van der Waals surface area contributed by atoms with Gasteiger partial charge in [-0.3, -0.25) is 4.90 Å². The van der Waals surface area contributed by atoms with Crippen LogP contribution in [0.15, 0.2) is 42.7 Å². The molecular weight excluding hydrogens is 264 g/mol. The molecule has 1 saturated heterocycles. The molecule has 2 aromatic rings. The van der Waals surface area contributed by atoms with Crippen LogP contribution in [-0.4, -0.2) is 47.0 Å². The van der Waals surface area contributed by atoms with Gasteiger partial charge in [-0.25, -0.2) is 4.68 Å². The van der Waals surface area contributed by atoms with Crippen LogP contribution >= 0.6 is 0 Å². The number of benzene rings is 1. The Hall–Kier alpha value is -1.69. The summed E-state index contributed by atoms with van der Waals surface area (Å²) in [6, 6.07) is 10.7. The Kier molecular flexibility index (Phi) is 4.34. The van der Waals surface area contributed by atoms with Gasteiger partial charge in [0.05, 0.1) is 31.1 Å². The molecule has 2 N–H and O–H groups in total. The number of morpholine rings is 1. The van der Waals surface area contributed by atoms with Gasteiger partial charge in [0.25, 0.3) is 0 Å². The molecule has 5 nitrogen and oxygen atoms in total. The van der Waals surface area contributed by atoms with Crippen molar-refractivity contribution >= 4 is 0 Å². The molecule has 2 heterocycles. The van der Waals surface area contributed by atoms with Crippen LogP contribution in [0.4, 0.5) is 0 Å². The van der Waals surface area contributed by atoms with E-state index in [4.69, 9.17) is 10.5 Å². The van der Waals surface area contributed by atoms with E-state index >= 15 is 0 Å². The third-order valence-electron chi connectivity index (χ3n) is 4.05. The van der Waals surface area contributed by atoms with Crippen molar-refractivity contribution in [2.45, 2.75) is 19.0 Å². The number of hydrogen-bond acceptors (Lipinski definition) is 4. The summed E-state index contributed by atoms with van der Waals surface area (Å²) in [5, 5.41) is 4.48. The molecule has 112 valence electrons. The van der Waals surface area contributed by atoms with E-state index in [1.165, 1.54) is 0 Å². The van der Waals surface area contributed by atoms with Gasteiger partial charge in [0.15, 0.2) is 0 Å². The summed E-state index contributed by atoms with van der Waals surface area (Å²) in [7, 11) is 0. The Morgan fingerprint density at radius 3 is 2.90 bits per heavy atom. The molecule has 0 spiro atoms. The quantitative estimate of drug-likeness (QED) is 0.927. The molecular formula is C16H22N4O. The fraction of sp³-hybridized carbons (Fsp3) is 0.438. The van der Waals surface area contributed by atoms with E-state index in [1.807, 2.05) is 41.2 Å². The SMILES string of the molecule is CC1COCCN1C(CN)c1cnn(-c2ccccc2)c1. The Morgan fingerprint density at radius 2 is 2.19 bits per heavy atom. The van der Waals surface area contributed by atoms with Crippen molar-refractivity contribution in [3.05, 3.63) is 48.3 Å². The highest BCUT2D eigenvalue weighted by atomic mass is 16.5. The molecule has 3 rings (SSSR count). The summed E-state index contributed by atoms with van der Waals surface area (Å²) >= 11 is 0. The van der Waals surface area contributed by atoms with Gasteiger partial charge in [-0.15, -0.1) is 0 Å². The highest BCUT2D eigenvalue weighted by Gasteiger charge is 2.27. The topological polar surface area (TPSA) is 56.3 Å². The first kappa shape index (κ1) is 14.3. The lowest BCUT2D eigenvalue weighted by molar-refractivity contribution is -0.0209. The molecule has 2 atom stereocenters. The summed E-state index contributed by atoms with van der Waals surface area (Å²) in [5.41, 5.74) is 8.25. The van der Waals surface area contributed by atoms with Crippen LogP contribution in [0.2, 0.25) is 0 Å². The third-order valence-corrected chi connectivity index (χ3v) is 4.05. The van der Waals surface area contributed by atoms with Gasteiger partial charge < -0.3 is 10.5 Å². The first-order valence-electron chi connectivity index (χ1n) is 7.43. The predicted octanol–water partition coefficient (Wildman–Crippen LogP) is 1.59. The van der Waals surface area contributed by atoms with Crippen LogP contribution in [0, 0.1) is 0 Å². The standard InChI is InChI=1S/C16H22N4O/c1-13-12-21-8-7-19(13)16(9-17)14-10-18-20(11-14)15-5-3-2-4-6-15/h2-6,10-11,13,16H,7-9,12,17H2,1H3. The van der Waals surface area contributed by atoms with Crippen molar-refractivity contribution in [2.75, 3.05) is 26.3 Å². The molecule has 0 amide bonds. The molecule has 21 heavy (non-hydrogen) atoms. The number of hydrogen-bond donors (Lipinski definition) is 1. The van der Waals surface area contributed by atoms with E-state index in [0.29, 0.717) is 12.6 Å². The molecule has 1 aliphatic heterocycles. The second-order valence-electron chi connectivity index (χ2n) is 5.47. The number of aromatic nitrogens is 2. The van der Waals surface area contributed by atoms with Crippen molar-refractivity contribution in [1.82, 2.24) is 14.7 Å². The maximum absolute atomic E-state index is 6.03.